The molecule has 4 amide bonds. The van der Waals surface area contributed by atoms with Crippen molar-refractivity contribution in [1.82, 2.24) is 14.8 Å². The van der Waals surface area contributed by atoms with Crippen LogP contribution >= 0.6 is 11.6 Å². The average Bonchev–Trinajstić information content (AvgIpc) is 3.42. The lowest BCUT2D eigenvalue weighted by atomic mass is 10.1. The molecule has 0 unspecified atom stereocenters. The standard InChI is InChI=1S/C23H24ClFN6O3/c24-16-6-3-4-14(20(16)25)10-28-21(32)19-8-13(9-26)11-31(19)23(34)29-17-12-30(22(27)33)18-7-2-1-5-15(17)18/h1-7,12-13,19H,8-11,26H2,(H2,27,33)(H,28,32)(H,29,34)/t13-,19+/m1/s1. The molecule has 2 heterocycles. The fraction of sp³-hybridized carbons (Fsp3) is 0.261. The number of anilines is 1. The van der Waals surface area contributed by atoms with Gasteiger partial charge < -0.3 is 27.0 Å². The van der Waals surface area contributed by atoms with Gasteiger partial charge >= 0.3 is 12.1 Å². The molecule has 1 aliphatic heterocycles. The maximum absolute atomic E-state index is 14.2. The molecule has 0 saturated carbocycles. The van der Waals surface area contributed by atoms with Crippen LogP contribution < -0.4 is 22.1 Å². The molecule has 34 heavy (non-hydrogen) atoms. The summed E-state index contributed by atoms with van der Waals surface area (Å²) in [5.74, 6) is -1.10. The largest absolute Gasteiger partial charge is 0.351 e. The van der Waals surface area contributed by atoms with Gasteiger partial charge in [-0.25, -0.2) is 14.0 Å². The minimum Gasteiger partial charge on any atom is -0.351 e. The molecule has 2 aromatic carbocycles. The molecule has 0 radical (unpaired) electrons. The molecule has 3 aromatic rings. The van der Waals surface area contributed by atoms with Crippen LogP contribution in [0.5, 0.6) is 0 Å². The topological polar surface area (TPSA) is 135 Å². The quantitative estimate of drug-likeness (QED) is 0.441. The van der Waals surface area contributed by atoms with E-state index in [4.69, 9.17) is 23.1 Å². The van der Waals surface area contributed by atoms with Gasteiger partial charge in [-0.2, -0.15) is 0 Å². The Hall–Kier alpha value is -3.63. The zero-order valence-electron chi connectivity index (χ0n) is 18.1. The molecule has 0 spiro atoms. The number of nitrogens with zero attached hydrogens (tertiary/aromatic N) is 2. The van der Waals surface area contributed by atoms with Crippen LogP contribution in [0, 0.1) is 11.7 Å². The number of aromatic nitrogens is 1. The number of nitrogens with two attached hydrogens (primary N) is 2. The van der Waals surface area contributed by atoms with E-state index >= 15 is 0 Å². The molecule has 11 heteroatoms. The van der Waals surface area contributed by atoms with Crippen LogP contribution in [0.3, 0.4) is 0 Å². The van der Waals surface area contributed by atoms with E-state index < -0.39 is 29.8 Å². The summed E-state index contributed by atoms with van der Waals surface area (Å²) in [4.78, 5) is 39.3. The summed E-state index contributed by atoms with van der Waals surface area (Å²) in [5.41, 5.74) is 12.4. The molecule has 1 fully saturated rings. The summed E-state index contributed by atoms with van der Waals surface area (Å²) in [6.45, 7) is 0.508. The van der Waals surface area contributed by atoms with Gasteiger partial charge in [0, 0.05) is 30.2 Å². The van der Waals surface area contributed by atoms with Gasteiger partial charge in [-0.15, -0.1) is 0 Å². The van der Waals surface area contributed by atoms with Crippen molar-refractivity contribution in [3.63, 3.8) is 0 Å². The zero-order chi connectivity index (χ0) is 24.4. The van der Waals surface area contributed by atoms with Gasteiger partial charge in [0.05, 0.1) is 16.2 Å². The van der Waals surface area contributed by atoms with E-state index in [0.29, 0.717) is 29.6 Å². The third-order valence-corrected chi connectivity index (χ3v) is 6.25. The summed E-state index contributed by atoms with van der Waals surface area (Å²) >= 11 is 5.81. The highest BCUT2D eigenvalue weighted by Gasteiger charge is 2.39. The second kappa shape index (κ2) is 9.70. The Morgan fingerprint density at radius 3 is 2.65 bits per heavy atom. The monoisotopic (exact) mass is 486 g/mol. The number of fused-ring (bicyclic) bond motifs is 1. The Morgan fingerprint density at radius 2 is 1.91 bits per heavy atom. The second-order valence-electron chi connectivity index (χ2n) is 8.13. The molecule has 178 valence electrons. The molecule has 9 nitrogen and oxygen atoms in total. The Balaban J connectivity index is 1.52. The minimum atomic E-state index is -0.791. The number of carbonyl (C=O) groups excluding carboxylic acids is 3. The van der Waals surface area contributed by atoms with Crippen LogP contribution in [0.25, 0.3) is 10.9 Å². The number of halogens is 2. The van der Waals surface area contributed by atoms with Gasteiger partial charge in [-0.05, 0) is 31.0 Å². The third-order valence-electron chi connectivity index (χ3n) is 5.96. The average molecular weight is 487 g/mol. The van der Waals surface area contributed by atoms with Crippen LogP contribution in [0.2, 0.25) is 5.02 Å². The molecule has 4 rings (SSSR count). The number of hydrogen-bond donors (Lipinski definition) is 4. The first kappa shape index (κ1) is 23.5. The van der Waals surface area contributed by atoms with Crippen LogP contribution in [0.4, 0.5) is 19.7 Å². The summed E-state index contributed by atoms with van der Waals surface area (Å²) in [5, 5.41) is 6.06. The SMILES string of the molecule is NC[C@H]1C[C@@H](C(=O)NCc2cccc(Cl)c2F)N(C(=O)Nc2cn(C(N)=O)c3ccccc23)C1. The van der Waals surface area contributed by atoms with E-state index in [0.717, 1.165) is 0 Å². The Morgan fingerprint density at radius 1 is 1.15 bits per heavy atom. The molecular formula is C23H24ClFN6O3. The van der Waals surface area contributed by atoms with Crippen molar-refractivity contribution in [2.24, 2.45) is 17.4 Å². The minimum absolute atomic E-state index is 0.0352. The lowest BCUT2D eigenvalue weighted by molar-refractivity contribution is -0.124. The maximum Gasteiger partial charge on any atom is 0.323 e. The molecule has 0 bridgehead atoms. The molecular weight excluding hydrogens is 463 g/mol. The lowest BCUT2D eigenvalue weighted by Crippen LogP contribution is -2.47. The van der Waals surface area contributed by atoms with Crippen LogP contribution in [-0.4, -0.2) is 46.6 Å². The summed E-state index contributed by atoms with van der Waals surface area (Å²) in [7, 11) is 0. The number of likely N-dealkylation sites (tertiary alicyclic amines) is 1. The third kappa shape index (κ3) is 4.55. The number of rotatable bonds is 5. The first-order valence-electron chi connectivity index (χ1n) is 10.7. The van der Waals surface area contributed by atoms with E-state index in [1.807, 2.05) is 0 Å². The van der Waals surface area contributed by atoms with Crippen molar-refractivity contribution in [3.8, 4) is 0 Å². The fourth-order valence-electron chi connectivity index (χ4n) is 4.20. The van der Waals surface area contributed by atoms with Gasteiger partial charge in [-0.1, -0.05) is 41.9 Å². The predicted molar refractivity (Wildman–Crippen MR) is 127 cm³/mol. The smallest absolute Gasteiger partial charge is 0.323 e. The fourth-order valence-corrected chi connectivity index (χ4v) is 4.39. The van der Waals surface area contributed by atoms with Crippen molar-refractivity contribution < 1.29 is 18.8 Å². The molecule has 1 aliphatic rings. The molecule has 0 aliphatic carbocycles. The zero-order valence-corrected chi connectivity index (χ0v) is 18.9. The van der Waals surface area contributed by atoms with Gasteiger partial charge in [-0.3, -0.25) is 9.36 Å². The maximum atomic E-state index is 14.2. The van der Waals surface area contributed by atoms with E-state index in [2.05, 4.69) is 10.6 Å². The lowest BCUT2D eigenvalue weighted by Gasteiger charge is -2.24. The van der Waals surface area contributed by atoms with Crippen molar-refractivity contribution in [2.45, 2.75) is 19.0 Å². The first-order valence-corrected chi connectivity index (χ1v) is 11.1. The Bertz CT molecular complexity index is 1260. The Kier molecular flexibility index (Phi) is 6.71. The van der Waals surface area contributed by atoms with Crippen LogP contribution in [0.1, 0.15) is 12.0 Å². The first-order chi connectivity index (χ1) is 16.3. The van der Waals surface area contributed by atoms with Crippen molar-refractivity contribution in [3.05, 3.63) is 65.1 Å². The predicted octanol–water partition coefficient (Wildman–Crippen LogP) is 2.86. The molecule has 6 N–H and O–H groups in total. The summed E-state index contributed by atoms with van der Waals surface area (Å²) in [6, 6.07) is 9.53. The second-order valence-corrected chi connectivity index (χ2v) is 8.54. The van der Waals surface area contributed by atoms with E-state index in [-0.39, 0.29) is 29.6 Å². The number of carbonyl (C=O) groups is 3. The number of nitrogens with one attached hydrogen (secondary N) is 2. The van der Waals surface area contributed by atoms with E-state index in [1.165, 1.54) is 27.8 Å². The number of benzene rings is 2. The number of primary amides is 1. The van der Waals surface area contributed by atoms with Crippen LogP contribution in [0.15, 0.2) is 48.7 Å². The van der Waals surface area contributed by atoms with Crippen LogP contribution in [-0.2, 0) is 11.3 Å². The number of para-hydroxylation sites is 1. The molecule has 1 saturated heterocycles. The normalized spacial score (nSPS) is 17.7. The van der Waals surface area contributed by atoms with Crippen molar-refractivity contribution in [1.29, 1.82) is 0 Å². The highest BCUT2D eigenvalue weighted by atomic mass is 35.5. The van der Waals surface area contributed by atoms with E-state index in [9.17, 15) is 18.8 Å². The highest BCUT2D eigenvalue weighted by Crippen LogP contribution is 2.28. The number of urea groups is 1. The van der Waals surface area contributed by atoms with Gasteiger partial charge in [0.2, 0.25) is 5.91 Å². The number of amides is 4. The molecule has 1 aromatic heterocycles. The van der Waals surface area contributed by atoms with Gasteiger partial charge in [0.1, 0.15) is 11.9 Å². The molecule has 2 atom stereocenters. The van der Waals surface area contributed by atoms with E-state index in [1.54, 1.807) is 30.3 Å². The van der Waals surface area contributed by atoms with Gasteiger partial charge in [0.15, 0.2) is 0 Å². The van der Waals surface area contributed by atoms with Crippen molar-refractivity contribution >= 4 is 46.2 Å². The number of hydrogen-bond acceptors (Lipinski definition) is 4. The summed E-state index contributed by atoms with van der Waals surface area (Å²) in [6.07, 6.45) is 1.81. The summed E-state index contributed by atoms with van der Waals surface area (Å²) < 4.78 is 15.4. The highest BCUT2D eigenvalue weighted by molar-refractivity contribution is 6.30. The van der Waals surface area contributed by atoms with Gasteiger partial charge in [0.25, 0.3) is 0 Å². The van der Waals surface area contributed by atoms with Crippen molar-refractivity contribution in [2.75, 3.05) is 18.4 Å². The Labute approximate surface area is 199 Å².